The molecule has 1 unspecified atom stereocenters. The summed E-state index contributed by atoms with van der Waals surface area (Å²) < 4.78 is 1.98. The number of nitrogens with one attached hydrogen (secondary N) is 1. The zero-order valence-corrected chi connectivity index (χ0v) is 24.0. The summed E-state index contributed by atoms with van der Waals surface area (Å²) in [7, 11) is 0. The maximum Gasteiger partial charge on any atom is 0.322 e. The van der Waals surface area contributed by atoms with Gasteiger partial charge in [0.25, 0.3) is 0 Å². The molecule has 4 aromatic rings. The summed E-state index contributed by atoms with van der Waals surface area (Å²) in [4.78, 5) is 28.3. The number of aliphatic hydroxyl groups is 2. The summed E-state index contributed by atoms with van der Waals surface area (Å²) >= 11 is 6.63. The molecule has 10 nitrogen and oxygen atoms in total. The summed E-state index contributed by atoms with van der Waals surface area (Å²) in [5.74, 6) is 0.757. The second-order valence-corrected chi connectivity index (χ2v) is 11.8. The number of amides is 2. The third-order valence-corrected chi connectivity index (χ3v) is 9.15. The van der Waals surface area contributed by atoms with Crippen LogP contribution >= 0.6 is 11.6 Å². The third kappa shape index (κ3) is 4.98. The molecule has 3 aliphatic heterocycles. The van der Waals surface area contributed by atoms with Crippen molar-refractivity contribution >= 4 is 40.2 Å². The maximum absolute atomic E-state index is 13.0. The number of halogens is 1. The predicted molar refractivity (Wildman–Crippen MR) is 163 cm³/mol. The smallest absolute Gasteiger partial charge is 0.322 e. The van der Waals surface area contributed by atoms with Crippen LogP contribution in [0.25, 0.3) is 22.2 Å². The van der Waals surface area contributed by atoms with E-state index in [9.17, 15) is 15.0 Å². The van der Waals surface area contributed by atoms with Gasteiger partial charge < -0.3 is 29.9 Å². The number of aliphatic hydroxyl groups excluding tert-OH is 2. The predicted octanol–water partition coefficient (Wildman–Crippen LogP) is 3.81. The van der Waals surface area contributed by atoms with Gasteiger partial charge in [-0.05, 0) is 37.0 Å². The number of nitrogens with zero attached hydrogens (tertiary/aromatic N) is 6. The van der Waals surface area contributed by atoms with Gasteiger partial charge in [-0.1, -0.05) is 48.0 Å². The molecular formula is C31H34ClN7O3. The van der Waals surface area contributed by atoms with Gasteiger partial charge in [-0.3, -0.25) is 4.90 Å². The molecule has 2 saturated heterocycles. The monoisotopic (exact) mass is 587 g/mol. The SMILES string of the molecule is O=C1Nc2ccccc2CCN1C1CCN(C(O)Cn2cc(-c3ccccc3Cl)c3c(N4CC(O)C4)ncnc32)CC1. The minimum absolute atomic E-state index is 0.0462. The molecule has 5 heterocycles. The second-order valence-electron chi connectivity index (χ2n) is 11.4. The molecule has 2 aromatic heterocycles. The second kappa shape index (κ2) is 11.2. The first-order valence-corrected chi connectivity index (χ1v) is 14.9. The van der Waals surface area contributed by atoms with E-state index in [1.807, 2.05) is 63.0 Å². The molecule has 0 radical (unpaired) electrons. The molecule has 2 amide bonds. The van der Waals surface area contributed by atoms with Gasteiger partial charge in [0.1, 0.15) is 24.0 Å². The molecule has 42 heavy (non-hydrogen) atoms. The summed E-state index contributed by atoms with van der Waals surface area (Å²) in [6, 6.07) is 15.7. The van der Waals surface area contributed by atoms with Gasteiger partial charge in [0, 0.05) is 66.8 Å². The standard InChI is InChI=1S/C31H34ClN7O3/c32-25-7-3-2-6-23(25)24-17-38(30-28(24)29(33-19-34-30)37-15-22(40)16-37)18-27(41)36-12-10-21(11-13-36)39-14-9-20-5-1-4-8-26(20)35-31(39)42/h1-8,17,19,21-22,27,40-41H,9-16,18H2,(H,35,42). The lowest BCUT2D eigenvalue weighted by molar-refractivity contribution is -0.0294. The number of rotatable bonds is 6. The normalized spacial score (nSPS) is 19.4. The van der Waals surface area contributed by atoms with Gasteiger partial charge in [-0.25, -0.2) is 14.8 Å². The van der Waals surface area contributed by atoms with Crippen LogP contribution in [0.3, 0.4) is 0 Å². The van der Waals surface area contributed by atoms with E-state index in [0.717, 1.165) is 52.8 Å². The van der Waals surface area contributed by atoms with Crippen molar-refractivity contribution < 1.29 is 15.0 Å². The Bertz CT molecular complexity index is 1610. The lowest BCUT2D eigenvalue weighted by atomic mass is 10.0. The molecular weight excluding hydrogens is 554 g/mol. The van der Waals surface area contributed by atoms with Crippen molar-refractivity contribution in [2.45, 2.75) is 44.2 Å². The highest BCUT2D eigenvalue weighted by molar-refractivity contribution is 6.33. The summed E-state index contributed by atoms with van der Waals surface area (Å²) in [6.07, 6.45) is 4.84. The fourth-order valence-corrected chi connectivity index (χ4v) is 6.76. The van der Waals surface area contributed by atoms with Crippen LogP contribution in [-0.4, -0.2) is 91.7 Å². The van der Waals surface area contributed by atoms with Crippen LogP contribution in [0.15, 0.2) is 61.1 Å². The number of urea groups is 1. The number of carbonyl (C=O) groups excluding carboxylic acids is 1. The molecule has 2 fully saturated rings. The summed E-state index contributed by atoms with van der Waals surface area (Å²) in [5.41, 5.74) is 4.53. The number of piperidine rings is 1. The van der Waals surface area contributed by atoms with Crippen molar-refractivity contribution in [2.24, 2.45) is 0 Å². The number of para-hydroxylation sites is 1. The highest BCUT2D eigenvalue weighted by Crippen LogP contribution is 2.39. The Hall–Kier alpha value is -3.70. The van der Waals surface area contributed by atoms with Crippen LogP contribution in [-0.2, 0) is 13.0 Å². The molecule has 0 bridgehead atoms. The molecule has 11 heteroatoms. The van der Waals surface area contributed by atoms with Crippen molar-refractivity contribution in [1.82, 2.24) is 24.3 Å². The average Bonchev–Trinajstić information content (AvgIpc) is 3.25. The third-order valence-electron chi connectivity index (χ3n) is 8.82. The Kier molecular flexibility index (Phi) is 7.23. The quantitative estimate of drug-likeness (QED) is 0.315. The van der Waals surface area contributed by atoms with Crippen molar-refractivity contribution in [1.29, 1.82) is 0 Å². The Morgan fingerprint density at radius 3 is 2.55 bits per heavy atom. The fraction of sp³-hybridized carbons (Fsp3) is 0.387. The maximum atomic E-state index is 13.0. The number of β-amino-alcohol motifs (C(OH)–C–C–N with tert-alkyl or cyclic N) is 1. The van der Waals surface area contributed by atoms with Crippen LogP contribution in [0.4, 0.5) is 16.3 Å². The van der Waals surface area contributed by atoms with Gasteiger partial charge in [-0.2, -0.15) is 0 Å². The van der Waals surface area contributed by atoms with E-state index in [0.29, 0.717) is 49.9 Å². The highest BCUT2D eigenvalue weighted by Gasteiger charge is 2.33. The van der Waals surface area contributed by atoms with E-state index >= 15 is 0 Å². The average molecular weight is 588 g/mol. The highest BCUT2D eigenvalue weighted by atomic mass is 35.5. The van der Waals surface area contributed by atoms with Crippen LogP contribution in [0, 0.1) is 0 Å². The van der Waals surface area contributed by atoms with Gasteiger partial charge in [0.05, 0.1) is 18.0 Å². The zero-order valence-electron chi connectivity index (χ0n) is 23.2. The number of fused-ring (bicyclic) bond motifs is 2. The number of carbonyl (C=O) groups is 1. The van der Waals surface area contributed by atoms with E-state index in [1.54, 1.807) is 0 Å². The van der Waals surface area contributed by atoms with Gasteiger partial charge >= 0.3 is 6.03 Å². The van der Waals surface area contributed by atoms with E-state index in [4.69, 9.17) is 11.6 Å². The summed E-state index contributed by atoms with van der Waals surface area (Å²) in [5, 5.41) is 25.9. The number of hydrogen-bond donors (Lipinski definition) is 3. The van der Waals surface area contributed by atoms with Crippen molar-refractivity contribution in [3.05, 3.63) is 71.6 Å². The lowest BCUT2D eigenvalue weighted by Gasteiger charge is -2.39. The van der Waals surface area contributed by atoms with Crippen molar-refractivity contribution in [2.75, 3.05) is 42.9 Å². The molecule has 7 rings (SSSR count). The zero-order chi connectivity index (χ0) is 28.8. The van der Waals surface area contributed by atoms with E-state index in [1.165, 1.54) is 6.33 Å². The Balaban J connectivity index is 1.09. The first kappa shape index (κ1) is 27.2. The minimum atomic E-state index is -0.730. The van der Waals surface area contributed by atoms with Crippen LogP contribution in [0.1, 0.15) is 18.4 Å². The largest absolute Gasteiger partial charge is 0.389 e. The molecule has 2 aromatic carbocycles. The number of likely N-dealkylation sites (tertiary alicyclic amines) is 1. The molecule has 0 aliphatic carbocycles. The van der Waals surface area contributed by atoms with Gasteiger partial charge in [-0.15, -0.1) is 0 Å². The Morgan fingerprint density at radius 1 is 1.00 bits per heavy atom. The fourth-order valence-electron chi connectivity index (χ4n) is 6.52. The lowest BCUT2D eigenvalue weighted by Crippen LogP contribution is -2.51. The van der Waals surface area contributed by atoms with Crippen molar-refractivity contribution in [3.8, 4) is 11.1 Å². The first-order chi connectivity index (χ1) is 20.5. The van der Waals surface area contributed by atoms with Crippen molar-refractivity contribution in [3.63, 3.8) is 0 Å². The molecule has 1 atom stereocenters. The van der Waals surface area contributed by atoms with Crippen LogP contribution in [0.2, 0.25) is 5.02 Å². The van der Waals surface area contributed by atoms with E-state index in [2.05, 4.69) is 26.3 Å². The molecule has 3 aliphatic rings. The Morgan fingerprint density at radius 2 is 1.76 bits per heavy atom. The molecule has 3 N–H and O–H groups in total. The number of benzene rings is 2. The minimum Gasteiger partial charge on any atom is -0.389 e. The van der Waals surface area contributed by atoms with Crippen LogP contribution < -0.4 is 10.2 Å². The van der Waals surface area contributed by atoms with E-state index < -0.39 is 6.23 Å². The molecule has 0 saturated carbocycles. The van der Waals surface area contributed by atoms with Gasteiger partial charge in [0.15, 0.2) is 0 Å². The number of aromatic nitrogens is 3. The topological polar surface area (TPSA) is 110 Å². The first-order valence-electron chi connectivity index (χ1n) is 14.6. The molecule has 0 spiro atoms. The van der Waals surface area contributed by atoms with Gasteiger partial charge in [0.2, 0.25) is 0 Å². The van der Waals surface area contributed by atoms with Crippen LogP contribution in [0.5, 0.6) is 0 Å². The number of hydrogen-bond acceptors (Lipinski definition) is 7. The summed E-state index contributed by atoms with van der Waals surface area (Å²) in [6.45, 7) is 3.41. The molecule has 218 valence electrons. The van der Waals surface area contributed by atoms with E-state index in [-0.39, 0.29) is 18.2 Å². The number of anilines is 2. The Labute approximate surface area is 249 Å².